The lowest BCUT2D eigenvalue weighted by atomic mass is 10.2. The first-order valence-electron chi connectivity index (χ1n) is 3.67. The van der Waals surface area contributed by atoms with E-state index in [2.05, 4.69) is 0 Å². The maximum absolute atomic E-state index is 12.8. The molecule has 2 rings (SSSR count). The van der Waals surface area contributed by atoms with Crippen LogP contribution in [0.15, 0.2) is 23.6 Å². The zero-order valence-electron chi connectivity index (χ0n) is 6.38. The summed E-state index contributed by atoms with van der Waals surface area (Å²) in [5, 5.41) is 2.92. The smallest absolute Gasteiger partial charge is 0.123 e. The van der Waals surface area contributed by atoms with Crippen molar-refractivity contribution in [3.63, 3.8) is 0 Å². The van der Waals surface area contributed by atoms with Gasteiger partial charge in [0.1, 0.15) is 5.82 Å². The average Bonchev–Trinajstić information content (AvgIpc) is 2.46. The van der Waals surface area contributed by atoms with Crippen LogP contribution in [-0.4, -0.2) is 0 Å². The molecule has 0 unspecified atom stereocenters. The van der Waals surface area contributed by atoms with E-state index in [1.165, 1.54) is 12.1 Å². The molecular formula is C9H8FNS. The van der Waals surface area contributed by atoms with Crippen LogP contribution in [0.2, 0.25) is 0 Å². The van der Waals surface area contributed by atoms with E-state index < -0.39 is 0 Å². The Morgan fingerprint density at radius 2 is 2.25 bits per heavy atom. The third-order valence-corrected chi connectivity index (χ3v) is 2.85. The monoisotopic (exact) mass is 181 g/mol. The number of rotatable bonds is 1. The summed E-state index contributed by atoms with van der Waals surface area (Å²) in [5.74, 6) is -0.199. The molecule has 12 heavy (non-hydrogen) atoms. The minimum atomic E-state index is -0.199. The first kappa shape index (κ1) is 7.71. The molecule has 0 spiro atoms. The van der Waals surface area contributed by atoms with Gasteiger partial charge in [0.05, 0.1) is 0 Å². The van der Waals surface area contributed by atoms with Crippen molar-refractivity contribution in [1.82, 2.24) is 0 Å². The summed E-state index contributed by atoms with van der Waals surface area (Å²) in [4.78, 5) is 0. The third kappa shape index (κ3) is 1.11. The highest BCUT2D eigenvalue weighted by molar-refractivity contribution is 7.17. The summed E-state index contributed by atoms with van der Waals surface area (Å²) >= 11 is 1.60. The maximum atomic E-state index is 12.8. The van der Waals surface area contributed by atoms with E-state index in [-0.39, 0.29) is 5.82 Å². The van der Waals surface area contributed by atoms with E-state index in [4.69, 9.17) is 5.73 Å². The Balaban J connectivity index is 2.75. The summed E-state index contributed by atoms with van der Waals surface area (Å²) in [6.07, 6.45) is 0. The quantitative estimate of drug-likeness (QED) is 0.718. The van der Waals surface area contributed by atoms with Crippen LogP contribution in [0.5, 0.6) is 0 Å². The largest absolute Gasteiger partial charge is 0.326 e. The van der Waals surface area contributed by atoms with Gasteiger partial charge in [-0.05, 0) is 34.5 Å². The Bertz CT molecular complexity index is 408. The van der Waals surface area contributed by atoms with Gasteiger partial charge < -0.3 is 5.73 Å². The van der Waals surface area contributed by atoms with Gasteiger partial charge in [-0.3, -0.25) is 0 Å². The fourth-order valence-corrected chi connectivity index (χ4v) is 2.17. The van der Waals surface area contributed by atoms with E-state index in [0.717, 1.165) is 15.6 Å². The predicted octanol–water partition coefficient (Wildman–Crippen LogP) is 2.50. The number of thiophene rings is 1. The Morgan fingerprint density at radius 1 is 1.42 bits per heavy atom. The van der Waals surface area contributed by atoms with Crippen LogP contribution in [0.1, 0.15) is 5.56 Å². The topological polar surface area (TPSA) is 26.0 Å². The Hall–Kier alpha value is -0.930. The Morgan fingerprint density at radius 3 is 3.00 bits per heavy atom. The molecule has 0 atom stereocenters. The fourth-order valence-electron chi connectivity index (χ4n) is 1.21. The summed E-state index contributed by atoms with van der Waals surface area (Å²) in [7, 11) is 0. The number of hydrogen-bond donors (Lipinski definition) is 1. The summed E-state index contributed by atoms with van der Waals surface area (Å²) in [5.41, 5.74) is 6.52. The lowest BCUT2D eigenvalue weighted by Gasteiger charge is -1.93. The van der Waals surface area contributed by atoms with Gasteiger partial charge in [-0.1, -0.05) is 0 Å². The second kappa shape index (κ2) is 2.84. The van der Waals surface area contributed by atoms with E-state index >= 15 is 0 Å². The molecule has 0 bridgehead atoms. The molecule has 0 aliphatic rings. The molecule has 0 saturated carbocycles. The van der Waals surface area contributed by atoms with Crippen molar-refractivity contribution in [3.05, 3.63) is 35.0 Å². The highest BCUT2D eigenvalue weighted by Gasteiger charge is 2.02. The maximum Gasteiger partial charge on any atom is 0.123 e. The van der Waals surface area contributed by atoms with Gasteiger partial charge in [-0.25, -0.2) is 4.39 Å². The lowest BCUT2D eigenvalue weighted by Crippen LogP contribution is -1.93. The van der Waals surface area contributed by atoms with Crippen LogP contribution < -0.4 is 5.73 Å². The van der Waals surface area contributed by atoms with Crippen molar-refractivity contribution in [2.75, 3.05) is 0 Å². The van der Waals surface area contributed by atoms with Gasteiger partial charge in [0.15, 0.2) is 0 Å². The second-order valence-corrected chi connectivity index (χ2v) is 3.52. The van der Waals surface area contributed by atoms with E-state index in [0.29, 0.717) is 6.54 Å². The highest BCUT2D eigenvalue weighted by Crippen LogP contribution is 2.25. The normalized spacial score (nSPS) is 10.8. The molecule has 0 radical (unpaired) electrons. The van der Waals surface area contributed by atoms with E-state index in [9.17, 15) is 4.39 Å². The number of benzene rings is 1. The standard InChI is InChI=1S/C9H8FNS/c10-7-1-2-9-8(3-7)6(4-11)5-12-9/h1-3,5H,4,11H2. The minimum absolute atomic E-state index is 0.199. The molecule has 62 valence electrons. The van der Waals surface area contributed by atoms with Crippen LogP contribution in [0.4, 0.5) is 4.39 Å². The Kier molecular flexibility index (Phi) is 1.83. The van der Waals surface area contributed by atoms with Gasteiger partial charge in [0.2, 0.25) is 0 Å². The van der Waals surface area contributed by atoms with Gasteiger partial charge in [0, 0.05) is 11.2 Å². The highest BCUT2D eigenvalue weighted by atomic mass is 32.1. The molecule has 1 heterocycles. The molecule has 1 aromatic carbocycles. The minimum Gasteiger partial charge on any atom is -0.326 e. The van der Waals surface area contributed by atoms with Crippen LogP contribution in [0, 0.1) is 5.82 Å². The molecule has 0 fully saturated rings. The fraction of sp³-hybridized carbons (Fsp3) is 0.111. The summed E-state index contributed by atoms with van der Waals surface area (Å²) in [6, 6.07) is 4.79. The van der Waals surface area contributed by atoms with E-state index in [1.54, 1.807) is 17.4 Å². The van der Waals surface area contributed by atoms with Gasteiger partial charge >= 0.3 is 0 Å². The molecule has 1 nitrogen and oxygen atoms in total. The van der Waals surface area contributed by atoms with Crippen LogP contribution in [-0.2, 0) is 6.54 Å². The van der Waals surface area contributed by atoms with Crippen molar-refractivity contribution >= 4 is 21.4 Å². The zero-order valence-corrected chi connectivity index (χ0v) is 7.20. The number of halogens is 1. The number of hydrogen-bond acceptors (Lipinski definition) is 2. The third-order valence-electron chi connectivity index (χ3n) is 1.84. The first-order chi connectivity index (χ1) is 5.81. The summed E-state index contributed by atoms with van der Waals surface area (Å²) < 4.78 is 13.9. The van der Waals surface area contributed by atoms with Crippen molar-refractivity contribution in [3.8, 4) is 0 Å². The number of nitrogens with two attached hydrogens (primary N) is 1. The van der Waals surface area contributed by atoms with Crippen LogP contribution >= 0.6 is 11.3 Å². The second-order valence-electron chi connectivity index (χ2n) is 2.61. The average molecular weight is 181 g/mol. The molecule has 2 aromatic rings. The molecule has 3 heteroatoms. The summed E-state index contributed by atoms with van der Waals surface area (Å²) in [6.45, 7) is 0.476. The molecule has 2 N–H and O–H groups in total. The van der Waals surface area contributed by atoms with E-state index in [1.807, 2.05) is 5.38 Å². The first-order valence-corrected chi connectivity index (χ1v) is 4.55. The van der Waals surface area contributed by atoms with Gasteiger partial charge in [-0.15, -0.1) is 11.3 Å². The molecule has 0 aliphatic heterocycles. The lowest BCUT2D eigenvalue weighted by molar-refractivity contribution is 0.629. The Labute approximate surface area is 73.6 Å². The molecule has 0 amide bonds. The van der Waals surface area contributed by atoms with Gasteiger partial charge in [-0.2, -0.15) is 0 Å². The van der Waals surface area contributed by atoms with Crippen LogP contribution in [0.25, 0.3) is 10.1 Å². The van der Waals surface area contributed by atoms with Crippen molar-refractivity contribution < 1.29 is 4.39 Å². The predicted molar refractivity (Wildman–Crippen MR) is 49.7 cm³/mol. The molecule has 0 aliphatic carbocycles. The number of fused-ring (bicyclic) bond motifs is 1. The van der Waals surface area contributed by atoms with Crippen molar-refractivity contribution in [2.45, 2.75) is 6.54 Å². The zero-order chi connectivity index (χ0) is 8.55. The molecule has 1 aromatic heterocycles. The van der Waals surface area contributed by atoms with Crippen molar-refractivity contribution in [2.24, 2.45) is 5.73 Å². The molecular weight excluding hydrogens is 173 g/mol. The van der Waals surface area contributed by atoms with Crippen LogP contribution in [0.3, 0.4) is 0 Å². The molecule has 0 saturated heterocycles. The van der Waals surface area contributed by atoms with Crippen molar-refractivity contribution in [1.29, 1.82) is 0 Å². The SMILES string of the molecule is NCc1csc2ccc(F)cc12. The van der Waals surface area contributed by atoms with Gasteiger partial charge in [0.25, 0.3) is 0 Å².